The molecule has 7 heteroatoms. The van der Waals surface area contributed by atoms with E-state index < -0.39 is 0 Å². The fourth-order valence-electron chi connectivity index (χ4n) is 3.28. The molecule has 132 valence electrons. The Labute approximate surface area is 143 Å². The summed E-state index contributed by atoms with van der Waals surface area (Å²) in [5.74, 6) is 1.76. The highest BCUT2D eigenvalue weighted by Crippen LogP contribution is 2.20. The highest BCUT2D eigenvalue weighted by molar-refractivity contribution is 5.86. The van der Waals surface area contributed by atoms with E-state index in [9.17, 15) is 5.11 Å². The van der Waals surface area contributed by atoms with Crippen molar-refractivity contribution >= 4 is 16.9 Å². The molecule has 7 nitrogen and oxygen atoms in total. The third-order valence-corrected chi connectivity index (χ3v) is 4.54. The molecule has 24 heavy (non-hydrogen) atoms. The van der Waals surface area contributed by atoms with Crippen LogP contribution in [0.3, 0.4) is 0 Å². The summed E-state index contributed by atoms with van der Waals surface area (Å²) in [4.78, 5) is 11.6. The molecule has 3 heterocycles. The lowest BCUT2D eigenvalue weighted by molar-refractivity contribution is 0.0706. The Kier molecular flexibility index (Phi) is 5.63. The summed E-state index contributed by atoms with van der Waals surface area (Å²) in [5.41, 5.74) is 0.884. The molecule has 0 bridgehead atoms. The smallest absolute Gasteiger partial charge is 0.163 e. The van der Waals surface area contributed by atoms with Gasteiger partial charge in [0.1, 0.15) is 11.6 Å². The van der Waals surface area contributed by atoms with Gasteiger partial charge in [0.25, 0.3) is 0 Å². The molecule has 1 aliphatic heterocycles. The number of piperidine rings is 1. The zero-order valence-corrected chi connectivity index (χ0v) is 14.7. The number of aliphatic hydroxyl groups excluding tert-OH is 1. The van der Waals surface area contributed by atoms with Gasteiger partial charge in [-0.3, -0.25) is 4.68 Å². The van der Waals surface area contributed by atoms with Gasteiger partial charge in [-0.15, -0.1) is 0 Å². The summed E-state index contributed by atoms with van der Waals surface area (Å²) in [6.45, 7) is 5.91. The molecule has 1 saturated heterocycles. The predicted octanol–water partition coefficient (Wildman–Crippen LogP) is 1.57. The number of aliphatic hydroxyl groups is 1. The fraction of sp³-hybridized carbons (Fsp3) is 0.706. The van der Waals surface area contributed by atoms with E-state index in [-0.39, 0.29) is 6.10 Å². The summed E-state index contributed by atoms with van der Waals surface area (Å²) < 4.78 is 1.80. The Morgan fingerprint density at radius 1 is 1.38 bits per heavy atom. The normalized spacial score (nSPS) is 19.0. The molecule has 0 spiro atoms. The van der Waals surface area contributed by atoms with E-state index in [0.717, 1.165) is 81.0 Å². The number of nitrogens with zero attached hydrogens (tertiary/aromatic N) is 5. The Morgan fingerprint density at radius 3 is 3.04 bits per heavy atom. The molecule has 0 radical (unpaired) electrons. The molecular weight excluding hydrogens is 304 g/mol. The minimum absolute atomic E-state index is 0.153. The SMILES string of the molecule is CCCc1nc(NCCCN2CCC[C@@H](O)C2)c2cnn(C)c2n1. The summed E-state index contributed by atoms with van der Waals surface area (Å²) in [7, 11) is 1.91. The van der Waals surface area contributed by atoms with Crippen LogP contribution in [0.1, 0.15) is 38.4 Å². The number of nitrogens with one attached hydrogen (secondary N) is 1. The van der Waals surface area contributed by atoms with Gasteiger partial charge in [0.05, 0.1) is 17.7 Å². The average Bonchev–Trinajstić information content (AvgIpc) is 2.93. The van der Waals surface area contributed by atoms with Gasteiger partial charge in [-0.25, -0.2) is 9.97 Å². The summed E-state index contributed by atoms with van der Waals surface area (Å²) >= 11 is 0. The van der Waals surface area contributed by atoms with E-state index in [1.807, 2.05) is 13.2 Å². The Hall–Kier alpha value is -1.73. The first-order valence-corrected chi connectivity index (χ1v) is 9.00. The molecule has 0 saturated carbocycles. The number of likely N-dealkylation sites (tertiary alicyclic amines) is 1. The molecular formula is C17H28N6O. The lowest BCUT2D eigenvalue weighted by Gasteiger charge is -2.29. The number of anilines is 1. The van der Waals surface area contributed by atoms with Crippen molar-refractivity contribution in [2.45, 2.75) is 45.1 Å². The maximum absolute atomic E-state index is 9.73. The largest absolute Gasteiger partial charge is 0.392 e. The van der Waals surface area contributed by atoms with Gasteiger partial charge in [0.15, 0.2) is 5.65 Å². The Balaban J connectivity index is 1.60. The van der Waals surface area contributed by atoms with Crippen LogP contribution in [-0.2, 0) is 13.5 Å². The standard InChI is InChI=1S/C17H28N6O/c1-3-6-15-20-16(14-11-19-22(2)17(14)21-15)18-8-5-10-23-9-4-7-13(24)12-23/h11,13,24H,3-10,12H2,1-2H3,(H,18,20,21)/t13-/m1/s1. The van der Waals surface area contributed by atoms with Gasteiger partial charge in [-0.2, -0.15) is 5.10 Å². The highest BCUT2D eigenvalue weighted by atomic mass is 16.3. The average molecular weight is 332 g/mol. The third kappa shape index (κ3) is 4.02. The molecule has 2 N–H and O–H groups in total. The Bertz CT molecular complexity index is 670. The van der Waals surface area contributed by atoms with Crippen molar-refractivity contribution < 1.29 is 5.11 Å². The van der Waals surface area contributed by atoms with Crippen molar-refractivity contribution in [2.75, 3.05) is 31.5 Å². The first kappa shape index (κ1) is 17.1. The zero-order valence-electron chi connectivity index (χ0n) is 14.7. The van der Waals surface area contributed by atoms with Crippen LogP contribution in [-0.4, -0.2) is 62.0 Å². The van der Waals surface area contributed by atoms with E-state index in [0.29, 0.717) is 0 Å². The topological polar surface area (TPSA) is 79.1 Å². The van der Waals surface area contributed by atoms with Crippen LogP contribution >= 0.6 is 0 Å². The number of hydrogen-bond acceptors (Lipinski definition) is 6. The maximum Gasteiger partial charge on any atom is 0.163 e. The quantitative estimate of drug-likeness (QED) is 0.750. The number of aromatic nitrogens is 4. The Morgan fingerprint density at radius 2 is 2.25 bits per heavy atom. The van der Waals surface area contributed by atoms with E-state index >= 15 is 0 Å². The second kappa shape index (κ2) is 7.90. The molecule has 3 rings (SSSR count). The number of rotatable bonds is 7. The second-order valence-electron chi connectivity index (χ2n) is 6.62. The zero-order chi connectivity index (χ0) is 16.9. The van der Waals surface area contributed by atoms with Gasteiger partial charge in [0.2, 0.25) is 0 Å². The van der Waals surface area contributed by atoms with E-state index in [1.54, 1.807) is 4.68 Å². The van der Waals surface area contributed by atoms with Gasteiger partial charge in [-0.1, -0.05) is 6.92 Å². The van der Waals surface area contributed by atoms with Crippen LogP contribution in [0.25, 0.3) is 11.0 Å². The number of aryl methyl sites for hydroxylation is 2. The van der Waals surface area contributed by atoms with E-state index in [4.69, 9.17) is 0 Å². The van der Waals surface area contributed by atoms with Crippen LogP contribution < -0.4 is 5.32 Å². The molecule has 1 atom stereocenters. The maximum atomic E-state index is 9.73. The van der Waals surface area contributed by atoms with Crippen LogP contribution in [0.2, 0.25) is 0 Å². The van der Waals surface area contributed by atoms with Crippen LogP contribution in [0, 0.1) is 0 Å². The van der Waals surface area contributed by atoms with Crippen molar-refractivity contribution in [3.63, 3.8) is 0 Å². The number of hydrogen-bond donors (Lipinski definition) is 2. The van der Waals surface area contributed by atoms with E-state index in [2.05, 4.69) is 32.2 Å². The molecule has 1 fully saturated rings. The van der Waals surface area contributed by atoms with Crippen LogP contribution in [0.5, 0.6) is 0 Å². The molecule has 0 unspecified atom stereocenters. The van der Waals surface area contributed by atoms with Crippen molar-refractivity contribution in [3.05, 3.63) is 12.0 Å². The van der Waals surface area contributed by atoms with Gasteiger partial charge >= 0.3 is 0 Å². The van der Waals surface area contributed by atoms with Crippen molar-refractivity contribution in [1.29, 1.82) is 0 Å². The molecule has 0 aliphatic carbocycles. The lowest BCUT2D eigenvalue weighted by Crippen LogP contribution is -2.39. The molecule has 0 amide bonds. The van der Waals surface area contributed by atoms with Gasteiger partial charge < -0.3 is 15.3 Å². The van der Waals surface area contributed by atoms with Crippen molar-refractivity contribution in [2.24, 2.45) is 7.05 Å². The molecule has 1 aliphatic rings. The molecule has 2 aromatic heterocycles. The minimum Gasteiger partial charge on any atom is -0.392 e. The minimum atomic E-state index is -0.153. The van der Waals surface area contributed by atoms with Gasteiger partial charge in [-0.05, 0) is 38.8 Å². The summed E-state index contributed by atoms with van der Waals surface area (Å²) in [6, 6.07) is 0. The van der Waals surface area contributed by atoms with Gasteiger partial charge in [0, 0.05) is 26.6 Å². The second-order valence-corrected chi connectivity index (χ2v) is 6.62. The summed E-state index contributed by atoms with van der Waals surface area (Å²) in [6.07, 6.45) is 6.64. The first-order valence-electron chi connectivity index (χ1n) is 9.00. The monoisotopic (exact) mass is 332 g/mol. The summed E-state index contributed by atoms with van der Waals surface area (Å²) in [5, 5.41) is 18.5. The number of fused-ring (bicyclic) bond motifs is 1. The fourth-order valence-corrected chi connectivity index (χ4v) is 3.28. The molecule has 2 aromatic rings. The molecule has 0 aromatic carbocycles. The van der Waals surface area contributed by atoms with Crippen molar-refractivity contribution in [1.82, 2.24) is 24.6 Å². The van der Waals surface area contributed by atoms with Crippen LogP contribution in [0.15, 0.2) is 6.20 Å². The van der Waals surface area contributed by atoms with Crippen LogP contribution in [0.4, 0.5) is 5.82 Å². The van der Waals surface area contributed by atoms with Crippen molar-refractivity contribution in [3.8, 4) is 0 Å². The third-order valence-electron chi connectivity index (χ3n) is 4.54. The van der Waals surface area contributed by atoms with E-state index in [1.165, 1.54) is 0 Å². The highest BCUT2D eigenvalue weighted by Gasteiger charge is 2.17. The number of β-amino-alcohol motifs (C(OH)–C–C–N with tert-alkyl or cyclic N) is 1. The lowest BCUT2D eigenvalue weighted by atomic mass is 10.1. The predicted molar refractivity (Wildman–Crippen MR) is 95.1 cm³/mol. The first-order chi connectivity index (χ1) is 11.7.